The average Bonchev–Trinajstić information content (AvgIpc) is 2.33. The van der Waals surface area contributed by atoms with Gasteiger partial charge < -0.3 is 5.11 Å². The van der Waals surface area contributed by atoms with Crippen molar-refractivity contribution >= 4 is 11.6 Å². The van der Waals surface area contributed by atoms with Crippen molar-refractivity contribution in [2.24, 2.45) is 5.41 Å². The molecular weight excluding hydrogens is 288 g/mol. The second kappa shape index (κ2) is 5.77. The van der Waals surface area contributed by atoms with E-state index < -0.39 is 17.0 Å². The second-order valence-corrected chi connectivity index (χ2v) is 9.33. The van der Waals surface area contributed by atoms with Crippen molar-refractivity contribution in [3.05, 3.63) is 28.8 Å². The first-order chi connectivity index (χ1) is 10.1. The van der Waals surface area contributed by atoms with Crippen LogP contribution in [0.15, 0.2) is 12.1 Å². The Hall–Kier alpha value is -1.64. The van der Waals surface area contributed by atoms with E-state index in [1.165, 1.54) is 0 Å². The lowest BCUT2D eigenvalue weighted by atomic mass is 9.77. The molecule has 23 heavy (non-hydrogen) atoms. The van der Waals surface area contributed by atoms with Crippen LogP contribution in [-0.2, 0) is 15.6 Å². The maximum absolute atomic E-state index is 12.6. The molecular formula is C20H30O3. The number of phenols is 1. The highest BCUT2D eigenvalue weighted by Gasteiger charge is 2.32. The number of Topliss-reactive ketones (excluding diaryl/α,β-unsaturated/α-hetero) is 2. The molecule has 0 saturated carbocycles. The Morgan fingerprint density at radius 2 is 1.13 bits per heavy atom. The molecule has 0 aliphatic rings. The summed E-state index contributed by atoms with van der Waals surface area (Å²) in [5.41, 5.74) is 0.359. The van der Waals surface area contributed by atoms with Crippen molar-refractivity contribution in [2.45, 2.75) is 73.1 Å². The van der Waals surface area contributed by atoms with Crippen molar-refractivity contribution < 1.29 is 14.7 Å². The van der Waals surface area contributed by atoms with Crippen molar-refractivity contribution in [1.29, 1.82) is 0 Å². The van der Waals surface area contributed by atoms with E-state index >= 15 is 0 Å². The van der Waals surface area contributed by atoms with Crippen LogP contribution < -0.4 is 0 Å². The minimum Gasteiger partial charge on any atom is -0.507 e. The number of carbonyl (C=O) groups is 2. The minimum atomic E-state index is -0.723. The molecule has 3 nitrogen and oxygen atoms in total. The summed E-state index contributed by atoms with van der Waals surface area (Å²) in [6.07, 6.45) is 0. The molecule has 0 bridgehead atoms. The Labute approximate surface area is 140 Å². The standard InChI is InChI=1S/C20H30O3/c1-18(2,3)13-10-12(15(21)17(23)20(7,8)9)11-14(16(13)22)19(4,5)6/h10-11,22H,1-9H3. The fourth-order valence-corrected chi connectivity index (χ4v) is 2.38. The molecule has 0 amide bonds. The Morgan fingerprint density at radius 3 is 1.39 bits per heavy atom. The highest BCUT2D eigenvalue weighted by atomic mass is 16.3. The van der Waals surface area contributed by atoms with E-state index in [9.17, 15) is 14.7 Å². The Balaban J connectivity index is 3.64. The van der Waals surface area contributed by atoms with Gasteiger partial charge in [-0.25, -0.2) is 0 Å². The van der Waals surface area contributed by atoms with E-state index in [-0.39, 0.29) is 16.6 Å². The predicted molar refractivity (Wildman–Crippen MR) is 94.3 cm³/mol. The quantitative estimate of drug-likeness (QED) is 0.630. The molecule has 0 radical (unpaired) electrons. The van der Waals surface area contributed by atoms with E-state index in [2.05, 4.69) is 0 Å². The van der Waals surface area contributed by atoms with E-state index in [4.69, 9.17) is 0 Å². The van der Waals surface area contributed by atoms with Crippen LogP contribution in [0.4, 0.5) is 0 Å². The molecule has 1 N–H and O–H groups in total. The van der Waals surface area contributed by atoms with Gasteiger partial charge in [-0.05, 0) is 23.0 Å². The number of ketones is 2. The molecule has 0 spiro atoms. The molecule has 0 unspecified atom stereocenters. The lowest BCUT2D eigenvalue weighted by molar-refractivity contribution is -0.121. The number of phenolic OH excluding ortho intramolecular Hbond substituents is 1. The number of hydrogen-bond donors (Lipinski definition) is 1. The normalized spacial score (nSPS) is 13.1. The zero-order valence-corrected chi connectivity index (χ0v) is 15.9. The summed E-state index contributed by atoms with van der Waals surface area (Å²) in [5.74, 6) is -0.693. The van der Waals surface area contributed by atoms with Crippen LogP contribution in [0.3, 0.4) is 0 Å². The van der Waals surface area contributed by atoms with Gasteiger partial charge in [-0.15, -0.1) is 0 Å². The van der Waals surface area contributed by atoms with Gasteiger partial charge in [0.05, 0.1) is 0 Å². The molecule has 0 saturated heterocycles. The number of benzene rings is 1. The smallest absolute Gasteiger partial charge is 0.229 e. The van der Waals surface area contributed by atoms with Crippen molar-refractivity contribution in [3.8, 4) is 5.75 Å². The summed E-state index contributed by atoms with van der Waals surface area (Å²) >= 11 is 0. The van der Waals surface area contributed by atoms with E-state index in [0.29, 0.717) is 16.7 Å². The van der Waals surface area contributed by atoms with Crippen molar-refractivity contribution in [2.75, 3.05) is 0 Å². The molecule has 0 aliphatic heterocycles. The maximum Gasteiger partial charge on any atom is 0.229 e. The van der Waals surface area contributed by atoms with Crippen molar-refractivity contribution in [1.82, 2.24) is 0 Å². The second-order valence-electron chi connectivity index (χ2n) is 9.33. The highest BCUT2D eigenvalue weighted by molar-refractivity contribution is 6.45. The van der Waals surface area contributed by atoms with Gasteiger partial charge in [0.15, 0.2) is 0 Å². The summed E-state index contributed by atoms with van der Waals surface area (Å²) in [7, 11) is 0. The Kier molecular flexibility index (Phi) is 4.87. The van der Waals surface area contributed by atoms with Crippen LogP contribution in [0.1, 0.15) is 83.8 Å². The number of rotatable bonds is 2. The third-order valence-electron chi connectivity index (χ3n) is 3.88. The fraction of sp³-hybridized carbons (Fsp3) is 0.600. The molecule has 1 rings (SSSR count). The summed E-state index contributed by atoms with van der Waals surface area (Å²) in [6.45, 7) is 17.1. The zero-order chi connectivity index (χ0) is 18.4. The lowest BCUT2D eigenvalue weighted by Crippen LogP contribution is -2.29. The van der Waals surface area contributed by atoms with Gasteiger partial charge in [-0.3, -0.25) is 9.59 Å². The molecule has 0 aromatic heterocycles. The lowest BCUT2D eigenvalue weighted by Gasteiger charge is -2.28. The SMILES string of the molecule is CC(C)(C)C(=O)C(=O)c1cc(C(C)(C)C)c(O)c(C(C)(C)C)c1. The number of aromatic hydroxyl groups is 1. The van der Waals surface area contributed by atoms with Crippen LogP contribution in [-0.4, -0.2) is 16.7 Å². The van der Waals surface area contributed by atoms with Gasteiger partial charge in [0.2, 0.25) is 11.6 Å². The van der Waals surface area contributed by atoms with Gasteiger partial charge in [0.25, 0.3) is 0 Å². The van der Waals surface area contributed by atoms with Gasteiger partial charge >= 0.3 is 0 Å². The summed E-state index contributed by atoms with van der Waals surface area (Å²) in [6, 6.07) is 3.33. The van der Waals surface area contributed by atoms with E-state index in [0.717, 1.165) is 0 Å². The monoisotopic (exact) mass is 318 g/mol. The third-order valence-corrected chi connectivity index (χ3v) is 3.88. The van der Waals surface area contributed by atoms with Crippen LogP contribution in [0.5, 0.6) is 5.75 Å². The van der Waals surface area contributed by atoms with Crippen molar-refractivity contribution in [3.63, 3.8) is 0 Å². The fourth-order valence-electron chi connectivity index (χ4n) is 2.38. The highest BCUT2D eigenvalue weighted by Crippen LogP contribution is 2.40. The molecule has 0 heterocycles. The number of carbonyl (C=O) groups excluding carboxylic acids is 2. The summed E-state index contributed by atoms with van der Waals surface area (Å²) in [4.78, 5) is 25.0. The Bertz CT molecular complexity index is 597. The van der Waals surface area contributed by atoms with Gasteiger partial charge in [0.1, 0.15) is 5.75 Å². The molecule has 0 aliphatic carbocycles. The molecule has 3 heteroatoms. The van der Waals surface area contributed by atoms with Gasteiger partial charge in [0, 0.05) is 22.1 Å². The number of hydrogen-bond acceptors (Lipinski definition) is 3. The molecule has 0 fully saturated rings. The minimum absolute atomic E-state index is 0.213. The maximum atomic E-state index is 12.6. The van der Waals surface area contributed by atoms with Crippen LogP contribution in [0.25, 0.3) is 0 Å². The first-order valence-electron chi connectivity index (χ1n) is 8.04. The van der Waals surface area contributed by atoms with Gasteiger partial charge in [-0.2, -0.15) is 0 Å². The van der Waals surface area contributed by atoms with Gasteiger partial charge in [-0.1, -0.05) is 62.3 Å². The summed E-state index contributed by atoms with van der Waals surface area (Å²) in [5, 5.41) is 10.7. The van der Waals surface area contributed by atoms with E-state index in [1.807, 2.05) is 41.5 Å². The zero-order valence-electron chi connectivity index (χ0n) is 15.9. The van der Waals surface area contributed by atoms with Crippen LogP contribution >= 0.6 is 0 Å². The topological polar surface area (TPSA) is 54.4 Å². The molecule has 1 aromatic rings. The molecule has 128 valence electrons. The van der Waals surface area contributed by atoms with Crippen LogP contribution in [0, 0.1) is 5.41 Å². The average molecular weight is 318 g/mol. The van der Waals surface area contributed by atoms with E-state index in [1.54, 1.807) is 32.9 Å². The summed E-state index contributed by atoms with van der Waals surface area (Å²) < 4.78 is 0. The molecule has 0 atom stereocenters. The first kappa shape index (κ1) is 19.4. The predicted octanol–water partition coefficient (Wildman–Crippen LogP) is 4.79. The van der Waals surface area contributed by atoms with Crippen LogP contribution in [0.2, 0.25) is 0 Å². The first-order valence-corrected chi connectivity index (χ1v) is 8.04. The Morgan fingerprint density at radius 1 is 0.783 bits per heavy atom. The molecule has 1 aromatic carbocycles. The third kappa shape index (κ3) is 4.21. The largest absolute Gasteiger partial charge is 0.507 e.